The molecule has 6 heteroatoms. The Balaban J connectivity index is 1.47. The number of hydrogen-bond acceptors (Lipinski definition) is 3. The molecule has 4 nitrogen and oxygen atoms in total. The van der Waals surface area contributed by atoms with Crippen LogP contribution in [0.3, 0.4) is 0 Å². The quantitative estimate of drug-likeness (QED) is 0.821. The van der Waals surface area contributed by atoms with Gasteiger partial charge in [0, 0.05) is 30.1 Å². The lowest BCUT2D eigenvalue weighted by atomic mass is 10.0. The Kier molecular flexibility index (Phi) is 4.41. The lowest BCUT2D eigenvalue weighted by Gasteiger charge is -2.24. The number of benzene rings is 2. The van der Waals surface area contributed by atoms with Crippen molar-refractivity contribution in [3.05, 3.63) is 71.3 Å². The van der Waals surface area contributed by atoms with Gasteiger partial charge in [-0.05, 0) is 31.0 Å². The van der Waals surface area contributed by atoms with Crippen LogP contribution in [-0.4, -0.2) is 28.7 Å². The van der Waals surface area contributed by atoms with E-state index in [4.69, 9.17) is 4.84 Å². The number of carbonyl (C=O) groups excluding carboxylic acids is 1. The lowest BCUT2D eigenvalue weighted by Crippen LogP contribution is -2.40. The van der Waals surface area contributed by atoms with E-state index in [1.165, 1.54) is 18.2 Å². The van der Waals surface area contributed by atoms with Crippen LogP contribution in [0.1, 0.15) is 30.4 Å². The number of carbonyl (C=O) groups is 1. The molecular formula is C20H18F2N2O2. The normalized spacial score (nSPS) is 19.0. The van der Waals surface area contributed by atoms with E-state index in [1.807, 2.05) is 0 Å². The van der Waals surface area contributed by atoms with Gasteiger partial charge in [-0.2, -0.15) is 0 Å². The highest BCUT2D eigenvalue weighted by Crippen LogP contribution is 2.31. The van der Waals surface area contributed by atoms with Crippen molar-refractivity contribution in [2.75, 3.05) is 0 Å². The van der Waals surface area contributed by atoms with E-state index in [2.05, 4.69) is 5.16 Å². The molecule has 0 radical (unpaired) electrons. The number of amides is 1. The van der Waals surface area contributed by atoms with Crippen molar-refractivity contribution in [1.82, 2.24) is 4.90 Å². The average molecular weight is 356 g/mol. The fourth-order valence-corrected chi connectivity index (χ4v) is 3.12. The Morgan fingerprint density at radius 2 is 1.96 bits per heavy atom. The van der Waals surface area contributed by atoms with Crippen LogP contribution >= 0.6 is 0 Å². The first-order valence-electron chi connectivity index (χ1n) is 8.64. The standard InChI is InChI=1S/C20H18F2N2O2/c21-15-6-3-5-13(10-15)18-11-19(26-23-18)20(25)24(16-8-9-16)12-14-4-1-2-7-17(14)22/h1-7,10,16,19H,8-9,11-12H2. The molecule has 2 aromatic carbocycles. The van der Waals surface area contributed by atoms with Crippen molar-refractivity contribution < 1.29 is 18.4 Å². The first-order valence-corrected chi connectivity index (χ1v) is 8.64. The van der Waals surface area contributed by atoms with E-state index < -0.39 is 6.10 Å². The highest BCUT2D eigenvalue weighted by atomic mass is 19.1. The highest BCUT2D eigenvalue weighted by Gasteiger charge is 2.39. The van der Waals surface area contributed by atoms with Gasteiger partial charge in [-0.1, -0.05) is 35.5 Å². The topological polar surface area (TPSA) is 41.9 Å². The van der Waals surface area contributed by atoms with Crippen molar-refractivity contribution in [1.29, 1.82) is 0 Å². The van der Waals surface area contributed by atoms with Crippen LogP contribution in [-0.2, 0) is 16.2 Å². The van der Waals surface area contributed by atoms with Crippen molar-refractivity contribution in [3.63, 3.8) is 0 Å². The maximum atomic E-state index is 14.0. The van der Waals surface area contributed by atoms with E-state index >= 15 is 0 Å². The molecule has 2 aromatic rings. The summed E-state index contributed by atoms with van der Waals surface area (Å²) in [6.07, 6.45) is 1.35. The van der Waals surface area contributed by atoms with Crippen LogP contribution in [0.4, 0.5) is 8.78 Å². The zero-order chi connectivity index (χ0) is 18.1. The van der Waals surface area contributed by atoms with Crippen LogP contribution in [0, 0.1) is 11.6 Å². The van der Waals surface area contributed by atoms with Gasteiger partial charge in [-0.3, -0.25) is 4.79 Å². The van der Waals surface area contributed by atoms with E-state index in [0.29, 0.717) is 16.8 Å². The minimum atomic E-state index is -0.749. The highest BCUT2D eigenvalue weighted by molar-refractivity contribution is 6.04. The average Bonchev–Trinajstić information content (AvgIpc) is 3.36. The Hall–Kier alpha value is -2.76. The molecule has 4 rings (SSSR count). The second-order valence-corrected chi connectivity index (χ2v) is 6.64. The van der Waals surface area contributed by atoms with Crippen LogP contribution in [0.5, 0.6) is 0 Å². The third-order valence-corrected chi connectivity index (χ3v) is 4.67. The van der Waals surface area contributed by atoms with Crippen molar-refractivity contribution >= 4 is 11.6 Å². The minimum absolute atomic E-state index is 0.115. The Morgan fingerprint density at radius 1 is 1.15 bits per heavy atom. The van der Waals surface area contributed by atoms with Gasteiger partial charge in [0.05, 0.1) is 5.71 Å². The van der Waals surface area contributed by atoms with Gasteiger partial charge in [-0.15, -0.1) is 0 Å². The number of nitrogens with zero attached hydrogens (tertiary/aromatic N) is 2. The van der Waals surface area contributed by atoms with E-state index in [9.17, 15) is 13.6 Å². The predicted octanol–water partition coefficient (Wildman–Crippen LogP) is 3.65. The van der Waals surface area contributed by atoms with Crippen LogP contribution < -0.4 is 0 Å². The summed E-state index contributed by atoms with van der Waals surface area (Å²) in [7, 11) is 0. The van der Waals surface area contributed by atoms with Gasteiger partial charge >= 0.3 is 0 Å². The predicted molar refractivity (Wildman–Crippen MR) is 92.4 cm³/mol. The zero-order valence-corrected chi connectivity index (χ0v) is 14.1. The molecule has 1 amide bonds. The molecule has 0 aromatic heterocycles. The molecule has 1 aliphatic heterocycles. The maximum absolute atomic E-state index is 14.0. The Labute approximate surface area is 150 Å². The minimum Gasteiger partial charge on any atom is -0.382 e. The summed E-state index contributed by atoms with van der Waals surface area (Å²) in [5.41, 5.74) is 1.63. The summed E-state index contributed by atoms with van der Waals surface area (Å²) in [4.78, 5) is 19.9. The van der Waals surface area contributed by atoms with Crippen LogP contribution in [0.25, 0.3) is 0 Å². The van der Waals surface area contributed by atoms with Gasteiger partial charge in [0.15, 0.2) is 0 Å². The van der Waals surface area contributed by atoms with Crippen molar-refractivity contribution in [2.24, 2.45) is 5.16 Å². The van der Waals surface area contributed by atoms with Crippen LogP contribution in [0.2, 0.25) is 0 Å². The smallest absolute Gasteiger partial charge is 0.267 e. The monoisotopic (exact) mass is 356 g/mol. The molecule has 1 atom stereocenters. The van der Waals surface area contributed by atoms with Gasteiger partial charge in [0.25, 0.3) is 5.91 Å². The Bertz CT molecular complexity index is 864. The van der Waals surface area contributed by atoms with E-state index in [0.717, 1.165) is 12.8 Å². The molecule has 1 unspecified atom stereocenters. The summed E-state index contributed by atoms with van der Waals surface area (Å²) in [5, 5.41) is 3.96. The first-order chi connectivity index (χ1) is 12.6. The lowest BCUT2D eigenvalue weighted by molar-refractivity contribution is -0.143. The molecular weight excluding hydrogens is 338 g/mol. The molecule has 2 aliphatic rings. The molecule has 1 fully saturated rings. The molecule has 1 aliphatic carbocycles. The Morgan fingerprint density at radius 3 is 2.69 bits per heavy atom. The molecule has 0 N–H and O–H groups in total. The molecule has 0 bridgehead atoms. The number of hydrogen-bond donors (Lipinski definition) is 0. The molecule has 26 heavy (non-hydrogen) atoms. The molecule has 1 heterocycles. The molecule has 1 saturated carbocycles. The van der Waals surface area contributed by atoms with Gasteiger partial charge in [0.1, 0.15) is 11.6 Å². The number of rotatable bonds is 5. The third kappa shape index (κ3) is 3.45. The zero-order valence-electron chi connectivity index (χ0n) is 14.1. The van der Waals surface area contributed by atoms with Gasteiger partial charge in [0.2, 0.25) is 6.10 Å². The van der Waals surface area contributed by atoms with Crippen molar-refractivity contribution in [3.8, 4) is 0 Å². The van der Waals surface area contributed by atoms with Crippen LogP contribution in [0.15, 0.2) is 53.7 Å². The summed E-state index contributed by atoms with van der Waals surface area (Å²) in [6, 6.07) is 12.6. The summed E-state index contributed by atoms with van der Waals surface area (Å²) in [6.45, 7) is 0.214. The van der Waals surface area contributed by atoms with E-state index in [-0.39, 0.29) is 36.5 Å². The summed E-state index contributed by atoms with van der Waals surface area (Å²) in [5.74, 6) is -0.889. The van der Waals surface area contributed by atoms with Gasteiger partial charge < -0.3 is 9.74 Å². The largest absolute Gasteiger partial charge is 0.382 e. The fourth-order valence-electron chi connectivity index (χ4n) is 3.12. The second-order valence-electron chi connectivity index (χ2n) is 6.64. The third-order valence-electron chi connectivity index (χ3n) is 4.67. The first kappa shape index (κ1) is 16.7. The SMILES string of the molecule is O=C(C1CC(c2cccc(F)c2)=NO1)N(Cc1ccccc1F)C1CC1. The maximum Gasteiger partial charge on any atom is 0.267 e. The van der Waals surface area contributed by atoms with Gasteiger partial charge in [-0.25, -0.2) is 8.78 Å². The number of oxime groups is 1. The summed E-state index contributed by atoms with van der Waals surface area (Å²) < 4.78 is 27.4. The van der Waals surface area contributed by atoms with E-state index in [1.54, 1.807) is 35.2 Å². The summed E-state index contributed by atoms with van der Waals surface area (Å²) >= 11 is 0. The number of halogens is 2. The van der Waals surface area contributed by atoms with Crippen molar-refractivity contribution in [2.45, 2.75) is 38.0 Å². The second kappa shape index (κ2) is 6.86. The molecule has 0 saturated heterocycles. The molecule has 0 spiro atoms. The molecule has 134 valence electrons. The fraction of sp³-hybridized carbons (Fsp3) is 0.300.